The number of rotatable bonds is 4. The van der Waals surface area contributed by atoms with Crippen molar-refractivity contribution in [2.24, 2.45) is 0 Å². The fourth-order valence-corrected chi connectivity index (χ4v) is 1.71. The third kappa shape index (κ3) is 3.10. The van der Waals surface area contributed by atoms with Crippen LogP contribution in [-0.4, -0.2) is 16.2 Å². The molecule has 0 aliphatic heterocycles. The molecule has 0 atom stereocenters. The monoisotopic (exact) mass is 265 g/mol. The zero-order valence-electron chi connectivity index (χ0n) is 9.76. The summed E-state index contributed by atoms with van der Waals surface area (Å²) in [4.78, 5) is 8.56. The third-order valence-corrected chi connectivity index (χ3v) is 3.02. The standard InChI is InChI=1S/C12H12FN3OS/c1-18-9-4-2-8(3-5-9)7-17-12-15-6-10(13)11(14)16-12/h2-6H,7H2,1H3,(H2,14,15,16). The minimum absolute atomic E-state index is 0.0721. The molecule has 1 aromatic carbocycles. The summed E-state index contributed by atoms with van der Waals surface area (Å²) in [6.07, 6.45) is 3.01. The summed E-state index contributed by atoms with van der Waals surface area (Å²) >= 11 is 1.67. The molecule has 94 valence electrons. The predicted molar refractivity (Wildman–Crippen MR) is 69.0 cm³/mol. The van der Waals surface area contributed by atoms with Gasteiger partial charge in [-0.1, -0.05) is 12.1 Å². The van der Waals surface area contributed by atoms with E-state index in [-0.39, 0.29) is 11.8 Å². The Morgan fingerprint density at radius 2 is 2.06 bits per heavy atom. The summed E-state index contributed by atoms with van der Waals surface area (Å²) in [5.41, 5.74) is 6.30. The van der Waals surface area contributed by atoms with Gasteiger partial charge in [0, 0.05) is 4.90 Å². The Balaban J connectivity index is 1.99. The van der Waals surface area contributed by atoms with Crippen LogP contribution < -0.4 is 10.5 Å². The smallest absolute Gasteiger partial charge is 0.318 e. The summed E-state index contributed by atoms with van der Waals surface area (Å²) in [6.45, 7) is 0.319. The Hall–Kier alpha value is -1.82. The third-order valence-electron chi connectivity index (χ3n) is 2.28. The molecule has 0 radical (unpaired) electrons. The molecule has 0 saturated carbocycles. The minimum atomic E-state index is -0.647. The molecule has 6 heteroatoms. The molecular weight excluding hydrogens is 253 g/mol. The van der Waals surface area contributed by atoms with Crippen LogP contribution in [0.5, 0.6) is 6.01 Å². The second-order valence-electron chi connectivity index (χ2n) is 3.52. The van der Waals surface area contributed by atoms with Crippen LogP contribution in [-0.2, 0) is 6.61 Å². The first kappa shape index (κ1) is 12.6. The van der Waals surface area contributed by atoms with Gasteiger partial charge in [-0.25, -0.2) is 9.37 Å². The van der Waals surface area contributed by atoms with Crippen molar-refractivity contribution in [2.45, 2.75) is 11.5 Å². The number of hydrogen-bond donors (Lipinski definition) is 1. The Bertz CT molecular complexity index is 533. The number of thioether (sulfide) groups is 1. The van der Waals surface area contributed by atoms with Gasteiger partial charge in [-0.2, -0.15) is 4.98 Å². The van der Waals surface area contributed by atoms with Crippen LogP contribution in [0.2, 0.25) is 0 Å². The van der Waals surface area contributed by atoms with Crippen molar-refractivity contribution in [2.75, 3.05) is 12.0 Å². The molecule has 4 nitrogen and oxygen atoms in total. The molecule has 0 aliphatic carbocycles. The zero-order valence-corrected chi connectivity index (χ0v) is 10.6. The number of nitrogens with two attached hydrogens (primary N) is 1. The van der Waals surface area contributed by atoms with Gasteiger partial charge < -0.3 is 10.5 Å². The number of hydrogen-bond acceptors (Lipinski definition) is 5. The van der Waals surface area contributed by atoms with Gasteiger partial charge in [-0.05, 0) is 24.0 Å². The molecule has 0 unspecified atom stereocenters. The summed E-state index contributed by atoms with van der Waals surface area (Å²) in [5.74, 6) is -0.857. The number of aromatic nitrogens is 2. The van der Waals surface area contributed by atoms with Gasteiger partial charge in [0.05, 0.1) is 6.20 Å². The predicted octanol–water partition coefficient (Wildman–Crippen LogP) is 2.50. The van der Waals surface area contributed by atoms with E-state index in [0.29, 0.717) is 6.61 Å². The molecule has 0 amide bonds. The molecule has 2 aromatic rings. The van der Waals surface area contributed by atoms with E-state index in [0.717, 1.165) is 11.8 Å². The molecular formula is C12H12FN3OS. The highest BCUT2D eigenvalue weighted by molar-refractivity contribution is 7.98. The second kappa shape index (κ2) is 5.68. The van der Waals surface area contributed by atoms with Crippen molar-refractivity contribution in [1.82, 2.24) is 9.97 Å². The maximum absolute atomic E-state index is 12.8. The Kier molecular flexibility index (Phi) is 3.99. The second-order valence-corrected chi connectivity index (χ2v) is 4.40. The SMILES string of the molecule is CSc1ccc(COc2ncc(F)c(N)n2)cc1. The molecule has 18 heavy (non-hydrogen) atoms. The highest BCUT2D eigenvalue weighted by atomic mass is 32.2. The first-order chi connectivity index (χ1) is 8.69. The maximum atomic E-state index is 12.8. The Labute approximate surface area is 108 Å². The van der Waals surface area contributed by atoms with Gasteiger partial charge in [-0.15, -0.1) is 11.8 Å². The lowest BCUT2D eigenvalue weighted by Gasteiger charge is -2.05. The summed E-state index contributed by atoms with van der Waals surface area (Å²) in [6, 6.07) is 7.99. The summed E-state index contributed by atoms with van der Waals surface area (Å²) < 4.78 is 18.2. The number of anilines is 1. The van der Waals surface area contributed by atoms with Crippen molar-refractivity contribution in [1.29, 1.82) is 0 Å². The van der Waals surface area contributed by atoms with Crippen LogP contribution in [0.15, 0.2) is 35.4 Å². The quantitative estimate of drug-likeness (QED) is 0.861. The summed E-state index contributed by atoms with van der Waals surface area (Å²) in [5, 5.41) is 0. The maximum Gasteiger partial charge on any atom is 0.318 e. The van der Waals surface area contributed by atoms with E-state index in [4.69, 9.17) is 10.5 Å². The van der Waals surface area contributed by atoms with Crippen molar-refractivity contribution in [3.05, 3.63) is 41.8 Å². The van der Waals surface area contributed by atoms with Crippen molar-refractivity contribution in [3.8, 4) is 6.01 Å². The first-order valence-electron chi connectivity index (χ1n) is 5.23. The van der Waals surface area contributed by atoms with Crippen LogP contribution in [0.25, 0.3) is 0 Å². The van der Waals surface area contributed by atoms with Gasteiger partial charge in [0.2, 0.25) is 0 Å². The van der Waals surface area contributed by atoms with Gasteiger partial charge in [0.25, 0.3) is 0 Å². The van der Waals surface area contributed by atoms with Crippen LogP contribution in [0.1, 0.15) is 5.56 Å². The molecule has 2 rings (SSSR count). The highest BCUT2D eigenvalue weighted by Gasteiger charge is 2.04. The number of nitrogen functional groups attached to an aromatic ring is 1. The fourth-order valence-electron chi connectivity index (χ4n) is 1.30. The van der Waals surface area contributed by atoms with Crippen molar-refractivity contribution >= 4 is 17.6 Å². The van der Waals surface area contributed by atoms with Crippen LogP contribution >= 0.6 is 11.8 Å². The van der Waals surface area contributed by atoms with Gasteiger partial charge >= 0.3 is 6.01 Å². The summed E-state index contributed by atoms with van der Waals surface area (Å²) in [7, 11) is 0. The van der Waals surface area contributed by atoms with Crippen LogP contribution in [0.4, 0.5) is 10.2 Å². The van der Waals surface area contributed by atoms with E-state index in [1.165, 1.54) is 4.90 Å². The Morgan fingerprint density at radius 3 is 2.67 bits per heavy atom. The number of benzene rings is 1. The van der Waals surface area contributed by atoms with E-state index in [1.807, 2.05) is 30.5 Å². The minimum Gasteiger partial charge on any atom is -0.459 e. The molecule has 0 bridgehead atoms. The molecule has 0 saturated heterocycles. The molecule has 0 aliphatic rings. The average molecular weight is 265 g/mol. The van der Waals surface area contributed by atoms with E-state index in [2.05, 4.69) is 9.97 Å². The lowest BCUT2D eigenvalue weighted by Crippen LogP contribution is -2.03. The average Bonchev–Trinajstić information content (AvgIpc) is 2.41. The van der Waals surface area contributed by atoms with Crippen LogP contribution in [0, 0.1) is 5.82 Å². The number of halogens is 1. The fraction of sp³-hybridized carbons (Fsp3) is 0.167. The van der Waals surface area contributed by atoms with Crippen molar-refractivity contribution < 1.29 is 9.13 Å². The molecule has 0 spiro atoms. The lowest BCUT2D eigenvalue weighted by molar-refractivity contribution is 0.280. The number of nitrogens with zero attached hydrogens (tertiary/aromatic N) is 2. The molecule has 0 fully saturated rings. The van der Waals surface area contributed by atoms with E-state index < -0.39 is 5.82 Å². The van der Waals surface area contributed by atoms with E-state index in [9.17, 15) is 4.39 Å². The van der Waals surface area contributed by atoms with E-state index >= 15 is 0 Å². The zero-order chi connectivity index (χ0) is 13.0. The molecule has 1 aromatic heterocycles. The lowest BCUT2D eigenvalue weighted by atomic mass is 10.2. The molecule has 1 heterocycles. The largest absolute Gasteiger partial charge is 0.459 e. The normalized spacial score (nSPS) is 10.3. The van der Waals surface area contributed by atoms with Gasteiger partial charge in [0.15, 0.2) is 11.6 Å². The van der Waals surface area contributed by atoms with Crippen LogP contribution in [0.3, 0.4) is 0 Å². The highest BCUT2D eigenvalue weighted by Crippen LogP contribution is 2.16. The van der Waals surface area contributed by atoms with Gasteiger partial charge in [-0.3, -0.25) is 0 Å². The Morgan fingerprint density at radius 1 is 1.33 bits per heavy atom. The van der Waals surface area contributed by atoms with Gasteiger partial charge in [0.1, 0.15) is 6.61 Å². The first-order valence-corrected chi connectivity index (χ1v) is 6.45. The van der Waals surface area contributed by atoms with Crippen molar-refractivity contribution in [3.63, 3.8) is 0 Å². The topological polar surface area (TPSA) is 61.0 Å². The molecule has 2 N–H and O–H groups in total. The number of ether oxygens (including phenoxy) is 1. The van der Waals surface area contributed by atoms with E-state index in [1.54, 1.807) is 11.8 Å².